The molecule has 7 nitrogen and oxygen atoms in total. The predicted molar refractivity (Wildman–Crippen MR) is 119 cm³/mol. The fourth-order valence-corrected chi connectivity index (χ4v) is 4.36. The highest BCUT2D eigenvalue weighted by molar-refractivity contribution is 7.71. The Morgan fingerprint density at radius 2 is 2.00 bits per heavy atom. The van der Waals surface area contributed by atoms with Crippen molar-refractivity contribution in [3.63, 3.8) is 0 Å². The maximum atomic E-state index is 13.2. The van der Waals surface area contributed by atoms with Crippen molar-refractivity contribution in [1.82, 2.24) is 24.3 Å². The summed E-state index contributed by atoms with van der Waals surface area (Å²) in [6.45, 7) is 8.06. The summed E-state index contributed by atoms with van der Waals surface area (Å²) in [4.78, 5) is 18.8. The highest BCUT2D eigenvalue weighted by Crippen LogP contribution is 2.29. The normalized spacial score (nSPS) is 13.0. The molecule has 4 aromatic rings. The number of para-hydroxylation sites is 2. The molecule has 1 aromatic carbocycles. The van der Waals surface area contributed by atoms with Crippen molar-refractivity contribution in [3.8, 4) is 10.7 Å². The third-order valence-corrected chi connectivity index (χ3v) is 5.83. The third kappa shape index (κ3) is 3.51. The highest BCUT2D eigenvalue weighted by Gasteiger charge is 2.26. The molecular weight excluding hydrogens is 404 g/mol. The topological polar surface area (TPSA) is 80.5 Å². The van der Waals surface area contributed by atoms with Crippen LogP contribution in [-0.2, 0) is 10.3 Å². The number of rotatable bonds is 4. The monoisotopic (exact) mass is 426 g/mol. The summed E-state index contributed by atoms with van der Waals surface area (Å²) in [7, 11) is 0. The Morgan fingerprint density at radius 3 is 2.69 bits per heavy atom. The first-order chi connectivity index (χ1) is 13.8. The lowest BCUT2D eigenvalue weighted by molar-refractivity contribution is -0.118. The van der Waals surface area contributed by atoms with E-state index in [9.17, 15) is 4.79 Å². The van der Waals surface area contributed by atoms with Crippen LogP contribution in [0.15, 0.2) is 41.8 Å². The van der Waals surface area contributed by atoms with Gasteiger partial charge < -0.3 is 4.57 Å². The number of H-pyrrole nitrogens is 1. The molecule has 29 heavy (non-hydrogen) atoms. The molecule has 1 amide bonds. The predicted octanol–water partition coefficient (Wildman–Crippen LogP) is 4.97. The van der Waals surface area contributed by atoms with Crippen LogP contribution in [0.3, 0.4) is 0 Å². The number of nitrogens with zero attached hydrogens (tertiary/aromatic N) is 4. The van der Waals surface area contributed by atoms with E-state index in [0.29, 0.717) is 16.5 Å². The van der Waals surface area contributed by atoms with Crippen LogP contribution in [0.5, 0.6) is 0 Å². The van der Waals surface area contributed by atoms with Crippen LogP contribution in [0.1, 0.15) is 33.7 Å². The van der Waals surface area contributed by atoms with Crippen LogP contribution in [0, 0.1) is 4.77 Å². The second-order valence-corrected chi connectivity index (χ2v) is 9.13. The average molecular weight is 427 g/mol. The van der Waals surface area contributed by atoms with Gasteiger partial charge in [0.15, 0.2) is 10.6 Å². The van der Waals surface area contributed by atoms with Gasteiger partial charge in [0.2, 0.25) is 11.9 Å². The maximum Gasteiger partial charge on any atom is 0.249 e. The minimum atomic E-state index is -0.563. The van der Waals surface area contributed by atoms with Crippen molar-refractivity contribution < 1.29 is 4.79 Å². The lowest BCUT2D eigenvalue weighted by atomic mass is 10.1. The highest BCUT2D eigenvalue weighted by atomic mass is 32.1. The number of thiophene rings is 1. The fraction of sp³-hybridized carbons (Fsp3) is 0.300. The minimum Gasteiger partial charge on any atom is -0.305 e. The Morgan fingerprint density at radius 1 is 1.24 bits per heavy atom. The number of aromatic amines is 1. The largest absolute Gasteiger partial charge is 0.305 e. The SMILES string of the molecule is CC(C(=O)Nc1nc2ccccc2n1C(C)(C)C)n1c(-c2cccs2)n[nH]c1=S. The van der Waals surface area contributed by atoms with Crippen molar-refractivity contribution >= 4 is 46.4 Å². The molecule has 4 rings (SSSR count). The first-order valence-electron chi connectivity index (χ1n) is 9.27. The molecule has 0 aliphatic carbocycles. The molecule has 2 N–H and O–H groups in total. The number of aromatic nitrogens is 5. The molecule has 3 aromatic heterocycles. The van der Waals surface area contributed by atoms with Gasteiger partial charge in [-0.3, -0.25) is 19.8 Å². The van der Waals surface area contributed by atoms with E-state index in [1.54, 1.807) is 15.9 Å². The van der Waals surface area contributed by atoms with E-state index in [0.717, 1.165) is 15.9 Å². The molecule has 3 heterocycles. The van der Waals surface area contributed by atoms with Crippen molar-refractivity contribution in [1.29, 1.82) is 0 Å². The van der Waals surface area contributed by atoms with Crippen LogP contribution in [-0.4, -0.2) is 30.2 Å². The van der Waals surface area contributed by atoms with Crippen LogP contribution < -0.4 is 5.32 Å². The maximum absolute atomic E-state index is 13.2. The quantitative estimate of drug-likeness (QED) is 0.451. The number of fused-ring (bicyclic) bond motifs is 1. The van der Waals surface area contributed by atoms with E-state index < -0.39 is 6.04 Å². The smallest absolute Gasteiger partial charge is 0.249 e. The zero-order valence-corrected chi connectivity index (χ0v) is 18.3. The van der Waals surface area contributed by atoms with Gasteiger partial charge in [-0.2, -0.15) is 5.10 Å². The number of carbonyl (C=O) groups is 1. The van der Waals surface area contributed by atoms with Crippen LogP contribution >= 0.6 is 23.6 Å². The number of anilines is 1. The van der Waals surface area contributed by atoms with E-state index in [4.69, 9.17) is 12.2 Å². The van der Waals surface area contributed by atoms with E-state index in [-0.39, 0.29) is 11.4 Å². The Hall–Kier alpha value is -2.78. The molecule has 1 atom stereocenters. The van der Waals surface area contributed by atoms with E-state index in [1.807, 2.05) is 53.3 Å². The number of benzene rings is 1. The van der Waals surface area contributed by atoms with Crippen LogP contribution in [0.25, 0.3) is 21.7 Å². The summed E-state index contributed by atoms with van der Waals surface area (Å²) in [6.07, 6.45) is 0. The molecular formula is C20H22N6OS2. The van der Waals surface area contributed by atoms with Gasteiger partial charge in [-0.1, -0.05) is 18.2 Å². The summed E-state index contributed by atoms with van der Waals surface area (Å²) in [6, 6.07) is 11.2. The molecule has 0 saturated carbocycles. The summed E-state index contributed by atoms with van der Waals surface area (Å²) < 4.78 is 4.18. The molecule has 150 valence electrons. The van der Waals surface area contributed by atoms with Crippen molar-refractivity contribution in [2.75, 3.05) is 5.32 Å². The number of hydrogen-bond donors (Lipinski definition) is 2. The first-order valence-corrected chi connectivity index (χ1v) is 10.6. The molecule has 9 heteroatoms. The summed E-state index contributed by atoms with van der Waals surface area (Å²) in [5.74, 6) is 0.960. The van der Waals surface area contributed by atoms with E-state index in [2.05, 4.69) is 41.3 Å². The molecule has 0 bridgehead atoms. The van der Waals surface area contributed by atoms with Crippen molar-refractivity contribution in [2.24, 2.45) is 0 Å². The van der Waals surface area contributed by atoms with Gasteiger partial charge in [0.1, 0.15) is 6.04 Å². The lowest BCUT2D eigenvalue weighted by Crippen LogP contribution is -2.29. The summed E-state index contributed by atoms with van der Waals surface area (Å²) in [5.41, 5.74) is 1.56. The zero-order chi connectivity index (χ0) is 20.8. The Bertz CT molecular complexity index is 1230. The number of hydrogen-bond acceptors (Lipinski definition) is 5. The zero-order valence-electron chi connectivity index (χ0n) is 16.6. The molecule has 0 saturated heterocycles. The lowest BCUT2D eigenvalue weighted by Gasteiger charge is -2.25. The molecule has 0 fully saturated rings. The minimum absolute atomic E-state index is 0.207. The number of amides is 1. The van der Waals surface area contributed by atoms with Crippen molar-refractivity contribution in [2.45, 2.75) is 39.3 Å². The fourth-order valence-electron chi connectivity index (χ4n) is 3.36. The third-order valence-electron chi connectivity index (χ3n) is 4.68. The molecule has 0 aliphatic heterocycles. The second kappa shape index (κ2) is 7.23. The average Bonchev–Trinajstić information content (AvgIpc) is 3.37. The van der Waals surface area contributed by atoms with Gasteiger partial charge >= 0.3 is 0 Å². The first kappa shape index (κ1) is 19.5. The molecule has 0 aliphatic rings. The Kier molecular flexibility index (Phi) is 4.87. The van der Waals surface area contributed by atoms with E-state index >= 15 is 0 Å². The van der Waals surface area contributed by atoms with Gasteiger partial charge in [0.05, 0.1) is 15.9 Å². The van der Waals surface area contributed by atoms with E-state index in [1.165, 1.54) is 0 Å². The Balaban J connectivity index is 1.71. The standard InChI is InChI=1S/C20H22N6OS2/c1-12(25-16(23-24-19(25)28)15-10-7-11-29-15)17(27)22-18-21-13-8-5-6-9-14(13)26(18)20(2,3)4/h5-12H,1-4H3,(H,24,28)(H,21,22,27). The second-order valence-electron chi connectivity index (χ2n) is 7.80. The van der Waals surface area contributed by atoms with Gasteiger partial charge in [-0.25, -0.2) is 4.98 Å². The van der Waals surface area contributed by atoms with Gasteiger partial charge in [0.25, 0.3) is 0 Å². The van der Waals surface area contributed by atoms with Gasteiger partial charge in [-0.05, 0) is 63.5 Å². The number of imidazole rings is 1. The van der Waals surface area contributed by atoms with Crippen LogP contribution in [0.2, 0.25) is 0 Å². The molecule has 1 unspecified atom stereocenters. The van der Waals surface area contributed by atoms with Crippen LogP contribution in [0.4, 0.5) is 5.95 Å². The van der Waals surface area contributed by atoms with Gasteiger partial charge in [-0.15, -0.1) is 11.3 Å². The summed E-state index contributed by atoms with van der Waals surface area (Å²) >= 11 is 6.94. The van der Waals surface area contributed by atoms with Crippen molar-refractivity contribution in [3.05, 3.63) is 46.5 Å². The molecule has 0 spiro atoms. The molecule has 0 radical (unpaired) electrons. The summed E-state index contributed by atoms with van der Waals surface area (Å²) in [5, 5.41) is 12.1. The number of carbonyl (C=O) groups excluding carboxylic acids is 1. The Labute approximate surface area is 177 Å². The van der Waals surface area contributed by atoms with Gasteiger partial charge in [0, 0.05) is 5.54 Å². The number of nitrogens with one attached hydrogen (secondary N) is 2.